The highest BCUT2D eigenvalue weighted by Crippen LogP contribution is 2.54. The number of fused-ring (bicyclic) bond motifs is 4. The molecule has 4 heterocycles. The molecule has 9 nitrogen and oxygen atoms in total. The third kappa shape index (κ3) is 4.04. The maximum atomic E-state index is 12.7. The molecule has 1 aromatic carbocycles. The number of carbonyl (C=O) groups is 2. The summed E-state index contributed by atoms with van der Waals surface area (Å²) in [6.45, 7) is 0. The van der Waals surface area contributed by atoms with E-state index in [9.17, 15) is 22.8 Å². The molecule has 0 radical (unpaired) electrons. The summed E-state index contributed by atoms with van der Waals surface area (Å²) in [6, 6.07) is 8.22. The van der Waals surface area contributed by atoms with Crippen LogP contribution >= 0.6 is 0 Å². The first-order valence-electron chi connectivity index (χ1n) is 11.1. The van der Waals surface area contributed by atoms with Gasteiger partial charge in [-0.05, 0) is 42.8 Å². The summed E-state index contributed by atoms with van der Waals surface area (Å²) in [7, 11) is 0. The predicted molar refractivity (Wildman–Crippen MR) is 120 cm³/mol. The lowest BCUT2D eigenvalue weighted by atomic mass is 10.1. The molecule has 0 spiro atoms. The largest absolute Gasteiger partial charge is 0.487 e. The zero-order valence-electron chi connectivity index (χ0n) is 18.4. The van der Waals surface area contributed by atoms with Gasteiger partial charge in [0, 0.05) is 29.9 Å². The molecule has 1 saturated carbocycles. The lowest BCUT2D eigenvalue weighted by Gasteiger charge is -2.19. The highest BCUT2D eigenvalue weighted by atomic mass is 19.4. The Hall–Kier alpha value is -4.35. The van der Waals surface area contributed by atoms with Gasteiger partial charge in [0.05, 0.1) is 17.5 Å². The van der Waals surface area contributed by atoms with E-state index in [1.807, 2.05) is 6.07 Å². The van der Waals surface area contributed by atoms with E-state index in [2.05, 4.69) is 25.9 Å². The van der Waals surface area contributed by atoms with Gasteiger partial charge in [-0.3, -0.25) is 10.1 Å². The molecule has 184 valence electrons. The third-order valence-corrected chi connectivity index (χ3v) is 6.29. The van der Waals surface area contributed by atoms with E-state index >= 15 is 0 Å². The second-order valence-corrected chi connectivity index (χ2v) is 8.65. The molecule has 3 N–H and O–H groups in total. The molecule has 2 aliphatic heterocycles. The topological polar surface area (TPSA) is 114 Å². The Labute approximate surface area is 202 Å². The van der Waals surface area contributed by atoms with Crippen LogP contribution in [0.2, 0.25) is 0 Å². The van der Waals surface area contributed by atoms with Gasteiger partial charge in [-0.25, -0.2) is 14.8 Å². The Bertz CT molecular complexity index is 1380. The number of carbonyl (C=O) groups excluding carboxylic acids is 2. The van der Waals surface area contributed by atoms with E-state index in [1.165, 1.54) is 0 Å². The van der Waals surface area contributed by atoms with Gasteiger partial charge in [0.25, 0.3) is 0 Å². The molecule has 3 amide bonds. The standard InChI is InChI=1S/C24H18F3N5O4/c25-24(26,27)11-1-5-17(29-10-11)30-23(34)32-20-19-14-9-12(2-4-15(14)36-21(19)20)35-16-7-8-28-22-13(16)3-6-18(33)31-22/h1-2,4-5,7-10,19-21H,3,6H2,(H,28,31,33)(H2,29,30,32,34)/t19-,20-,21-/m0/s1. The molecule has 2 aromatic heterocycles. The van der Waals surface area contributed by atoms with E-state index in [0.29, 0.717) is 42.1 Å². The average Bonchev–Trinajstić information content (AvgIpc) is 3.34. The van der Waals surface area contributed by atoms with Crippen LogP contribution in [0.15, 0.2) is 48.8 Å². The van der Waals surface area contributed by atoms with Crippen molar-refractivity contribution in [2.75, 3.05) is 10.6 Å². The molecule has 1 aliphatic carbocycles. The number of urea groups is 1. The molecule has 0 bridgehead atoms. The summed E-state index contributed by atoms with van der Waals surface area (Å²) in [5.74, 6) is 2.20. The van der Waals surface area contributed by atoms with Gasteiger partial charge in [-0.1, -0.05) is 0 Å². The Morgan fingerprint density at radius 1 is 1.14 bits per heavy atom. The van der Waals surface area contributed by atoms with Crippen LogP contribution in [0.25, 0.3) is 0 Å². The van der Waals surface area contributed by atoms with Crippen molar-refractivity contribution >= 4 is 23.6 Å². The normalized spacial score (nSPS) is 21.3. The number of nitrogens with one attached hydrogen (secondary N) is 3. The van der Waals surface area contributed by atoms with Crippen LogP contribution in [0.5, 0.6) is 17.2 Å². The Balaban J connectivity index is 1.11. The minimum atomic E-state index is -4.50. The number of alkyl halides is 3. The van der Waals surface area contributed by atoms with Gasteiger partial charge >= 0.3 is 12.2 Å². The van der Waals surface area contributed by atoms with Gasteiger partial charge in [-0.15, -0.1) is 0 Å². The van der Waals surface area contributed by atoms with Crippen molar-refractivity contribution in [2.45, 2.75) is 37.1 Å². The van der Waals surface area contributed by atoms with Gasteiger partial charge in [0.2, 0.25) is 5.91 Å². The number of hydrogen-bond donors (Lipinski definition) is 3. The van der Waals surface area contributed by atoms with Crippen molar-refractivity contribution < 1.29 is 32.2 Å². The molecule has 3 atom stereocenters. The third-order valence-electron chi connectivity index (χ3n) is 6.29. The molecule has 1 fully saturated rings. The van der Waals surface area contributed by atoms with Crippen molar-refractivity contribution in [1.29, 1.82) is 0 Å². The summed E-state index contributed by atoms with van der Waals surface area (Å²) in [4.78, 5) is 31.8. The molecule has 0 unspecified atom stereocenters. The molecule has 6 rings (SSSR count). The van der Waals surface area contributed by atoms with Crippen molar-refractivity contribution in [3.63, 3.8) is 0 Å². The van der Waals surface area contributed by atoms with Crippen LogP contribution in [0.3, 0.4) is 0 Å². The van der Waals surface area contributed by atoms with Gasteiger partial charge in [0.1, 0.15) is 35.0 Å². The molecular formula is C24H18F3N5O4. The first-order chi connectivity index (χ1) is 17.3. The van der Waals surface area contributed by atoms with Crippen LogP contribution in [0, 0.1) is 0 Å². The summed E-state index contributed by atoms with van der Waals surface area (Å²) < 4.78 is 50.0. The second kappa shape index (κ2) is 8.11. The van der Waals surface area contributed by atoms with Gasteiger partial charge < -0.3 is 20.1 Å². The van der Waals surface area contributed by atoms with Crippen molar-refractivity contribution in [3.8, 4) is 17.2 Å². The van der Waals surface area contributed by atoms with Crippen LogP contribution in [0.4, 0.5) is 29.6 Å². The fourth-order valence-corrected chi connectivity index (χ4v) is 4.50. The smallest absolute Gasteiger partial charge is 0.417 e. The number of halogens is 3. The number of pyridine rings is 2. The van der Waals surface area contributed by atoms with E-state index in [-0.39, 0.29) is 29.8 Å². The summed E-state index contributed by atoms with van der Waals surface area (Å²) in [6.07, 6.45) is -1.63. The number of ether oxygens (including phenoxy) is 2. The monoisotopic (exact) mass is 497 g/mol. The molecule has 3 aromatic rings. The zero-order chi connectivity index (χ0) is 25.0. The maximum Gasteiger partial charge on any atom is 0.417 e. The molecule has 12 heteroatoms. The zero-order valence-corrected chi connectivity index (χ0v) is 18.4. The fraction of sp³-hybridized carbons (Fsp3) is 0.250. The fourth-order valence-electron chi connectivity index (χ4n) is 4.50. The average molecular weight is 497 g/mol. The lowest BCUT2D eigenvalue weighted by molar-refractivity contribution is -0.137. The minimum Gasteiger partial charge on any atom is -0.487 e. The van der Waals surface area contributed by atoms with E-state index < -0.39 is 17.8 Å². The highest BCUT2D eigenvalue weighted by Gasteiger charge is 2.59. The number of hydrogen-bond acceptors (Lipinski definition) is 6. The van der Waals surface area contributed by atoms with E-state index in [0.717, 1.165) is 23.3 Å². The highest BCUT2D eigenvalue weighted by molar-refractivity contribution is 5.93. The Kier molecular flexibility index (Phi) is 4.99. The number of anilines is 2. The number of amides is 3. The minimum absolute atomic E-state index is 0.000173. The summed E-state index contributed by atoms with van der Waals surface area (Å²) >= 11 is 0. The van der Waals surface area contributed by atoms with Crippen LogP contribution in [-0.2, 0) is 17.4 Å². The van der Waals surface area contributed by atoms with Crippen molar-refractivity contribution in [2.24, 2.45) is 0 Å². The van der Waals surface area contributed by atoms with Crippen LogP contribution in [0.1, 0.15) is 29.0 Å². The van der Waals surface area contributed by atoms with Crippen LogP contribution < -0.4 is 25.4 Å². The van der Waals surface area contributed by atoms with Gasteiger partial charge in [0.15, 0.2) is 0 Å². The molecular weight excluding hydrogens is 479 g/mol. The number of benzene rings is 1. The first-order valence-corrected chi connectivity index (χ1v) is 11.1. The predicted octanol–water partition coefficient (Wildman–Crippen LogP) is 4.22. The van der Waals surface area contributed by atoms with Crippen molar-refractivity contribution in [1.82, 2.24) is 15.3 Å². The van der Waals surface area contributed by atoms with E-state index in [4.69, 9.17) is 9.47 Å². The number of rotatable bonds is 4. The first kappa shape index (κ1) is 22.1. The second-order valence-electron chi connectivity index (χ2n) is 8.65. The maximum absolute atomic E-state index is 12.7. The SMILES string of the molecule is O=C1CCc2c(Oc3ccc4c(c3)[C@H]3[C@H](NC(=O)Nc5ccc(C(F)(F)F)cn5)[C@H]3O4)ccnc2N1. The molecule has 36 heavy (non-hydrogen) atoms. The van der Waals surface area contributed by atoms with E-state index in [1.54, 1.807) is 24.4 Å². The van der Waals surface area contributed by atoms with Crippen LogP contribution in [-0.4, -0.2) is 34.1 Å². The summed E-state index contributed by atoms with van der Waals surface area (Å²) in [5.41, 5.74) is 0.808. The van der Waals surface area contributed by atoms with Gasteiger partial charge in [-0.2, -0.15) is 13.2 Å². The quantitative estimate of drug-likeness (QED) is 0.497. The number of nitrogens with zero attached hydrogens (tertiary/aromatic N) is 2. The summed E-state index contributed by atoms with van der Waals surface area (Å²) in [5, 5.41) is 7.96. The number of aromatic nitrogens is 2. The molecule has 3 aliphatic rings. The van der Waals surface area contributed by atoms with Crippen molar-refractivity contribution in [3.05, 3.63) is 65.5 Å². The molecule has 0 saturated heterocycles. The lowest BCUT2D eigenvalue weighted by Crippen LogP contribution is -2.34. The Morgan fingerprint density at radius 3 is 2.78 bits per heavy atom. The Morgan fingerprint density at radius 2 is 2.00 bits per heavy atom.